The lowest BCUT2D eigenvalue weighted by atomic mass is 10.1. The molecule has 1 aliphatic rings. The van der Waals surface area contributed by atoms with E-state index in [-0.39, 0.29) is 6.67 Å². The third-order valence-electron chi connectivity index (χ3n) is 2.19. The number of hydrogen-bond donors (Lipinski definition) is 1. The largest absolute Gasteiger partial charge is 0.388 e. The molecule has 1 atom stereocenters. The summed E-state index contributed by atoms with van der Waals surface area (Å²) < 4.78 is 12.0. The average molecular weight is 156 g/mol. The molecule has 0 spiro atoms. The highest BCUT2D eigenvalue weighted by molar-refractivity contribution is 5.41. The second-order valence-electron chi connectivity index (χ2n) is 2.92. The lowest BCUT2D eigenvalue weighted by Crippen LogP contribution is -2.01. The van der Waals surface area contributed by atoms with Crippen LogP contribution in [0.25, 0.3) is 0 Å². The number of hydrogen-bond acceptors (Lipinski definition) is 1. The fourth-order valence-electron chi connectivity index (χ4n) is 1.46. The highest BCUT2D eigenvalue weighted by Gasteiger charge is 2.22. The molecule has 0 bridgehead atoms. The molecule has 0 fully saturated rings. The fraction of sp³-hybridized carbons (Fsp3) is 0.556. The van der Waals surface area contributed by atoms with Crippen molar-refractivity contribution in [1.82, 2.24) is 0 Å². The molecular formula is C9H13FO. The summed E-state index contributed by atoms with van der Waals surface area (Å²) in [6, 6.07) is 0. The molecule has 0 aromatic heterocycles. The summed E-state index contributed by atoms with van der Waals surface area (Å²) >= 11 is 0. The predicted molar refractivity (Wildman–Crippen MR) is 43.1 cm³/mol. The quantitative estimate of drug-likeness (QED) is 0.648. The highest BCUT2D eigenvalue weighted by Crippen LogP contribution is 2.32. The zero-order valence-electron chi connectivity index (χ0n) is 6.73. The SMILES string of the molecule is C=C1C[C@H](O)C(C)=C1CCF. The Morgan fingerprint density at radius 1 is 1.73 bits per heavy atom. The summed E-state index contributed by atoms with van der Waals surface area (Å²) in [5.74, 6) is 0. The first-order chi connectivity index (χ1) is 5.16. The minimum Gasteiger partial charge on any atom is -0.388 e. The molecule has 0 aromatic carbocycles. The Morgan fingerprint density at radius 2 is 2.36 bits per heavy atom. The van der Waals surface area contributed by atoms with Gasteiger partial charge in [0.25, 0.3) is 0 Å². The number of allylic oxidation sites excluding steroid dienone is 1. The molecule has 2 heteroatoms. The third-order valence-corrected chi connectivity index (χ3v) is 2.19. The van der Waals surface area contributed by atoms with Crippen molar-refractivity contribution in [1.29, 1.82) is 0 Å². The van der Waals surface area contributed by atoms with E-state index in [2.05, 4.69) is 6.58 Å². The van der Waals surface area contributed by atoms with E-state index in [4.69, 9.17) is 0 Å². The van der Waals surface area contributed by atoms with Crippen LogP contribution in [0.2, 0.25) is 0 Å². The first-order valence-electron chi connectivity index (χ1n) is 3.78. The maximum absolute atomic E-state index is 12.0. The van der Waals surface area contributed by atoms with Gasteiger partial charge in [-0.2, -0.15) is 0 Å². The van der Waals surface area contributed by atoms with Crippen molar-refractivity contribution >= 4 is 0 Å². The molecule has 0 heterocycles. The Balaban J connectivity index is 2.79. The topological polar surface area (TPSA) is 20.2 Å². The van der Waals surface area contributed by atoms with Crippen LogP contribution in [-0.2, 0) is 0 Å². The van der Waals surface area contributed by atoms with Gasteiger partial charge >= 0.3 is 0 Å². The van der Waals surface area contributed by atoms with Gasteiger partial charge in [0.15, 0.2) is 0 Å². The van der Waals surface area contributed by atoms with Crippen LogP contribution in [0, 0.1) is 0 Å². The summed E-state index contributed by atoms with van der Waals surface area (Å²) in [6.45, 7) is 5.25. The van der Waals surface area contributed by atoms with E-state index in [0.29, 0.717) is 12.8 Å². The summed E-state index contributed by atoms with van der Waals surface area (Å²) in [4.78, 5) is 0. The smallest absolute Gasteiger partial charge is 0.0934 e. The van der Waals surface area contributed by atoms with Gasteiger partial charge in [-0.05, 0) is 23.6 Å². The molecule has 0 radical (unpaired) electrons. The number of aliphatic hydroxyl groups is 1. The summed E-state index contributed by atoms with van der Waals surface area (Å²) in [7, 11) is 0. The Morgan fingerprint density at radius 3 is 2.73 bits per heavy atom. The standard InChI is InChI=1S/C9H13FO/c1-6-5-9(11)7(2)8(6)3-4-10/h9,11H,1,3-5H2,2H3/t9-/m0/s1. The second-order valence-corrected chi connectivity index (χ2v) is 2.92. The normalized spacial score (nSPS) is 25.0. The van der Waals surface area contributed by atoms with E-state index >= 15 is 0 Å². The number of aliphatic hydroxyl groups excluding tert-OH is 1. The number of rotatable bonds is 2. The van der Waals surface area contributed by atoms with Gasteiger partial charge < -0.3 is 5.11 Å². The zero-order valence-corrected chi connectivity index (χ0v) is 6.73. The van der Waals surface area contributed by atoms with E-state index < -0.39 is 6.10 Å². The molecule has 1 rings (SSSR count). The van der Waals surface area contributed by atoms with Crippen molar-refractivity contribution in [2.45, 2.75) is 25.9 Å². The first kappa shape index (κ1) is 8.47. The molecule has 0 aliphatic heterocycles. The van der Waals surface area contributed by atoms with Crippen LogP contribution >= 0.6 is 0 Å². The molecule has 11 heavy (non-hydrogen) atoms. The van der Waals surface area contributed by atoms with Gasteiger partial charge in [0.1, 0.15) is 0 Å². The lowest BCUT2D eigenvalue weighted by molar-refractivity contribution is 0.219. The van der Waals surface area contributed by atoms with Crippen molar-refractivity contribution in [3.63, 3.8) is 0 Å². The van der Waals surface area contributed by atoms with Gasteiger partial charge in [-0.3, -0.25) is 4.39 Å². The molecule has 62 valence electrons. The predicted octanol–water partition coefficient (Wildman–Crippen LogP) is 1.98. The Hall–Kier alpha value is -0.630. The van der Waals surface area contributed by atoms with Gasteiger partial charge in [0.05, 0.1) is 12.8 Å². The third kappa shape index (κ3) is 1.51. The van der Waals surface area contributed by atoms with Gasteiger partial charge in [0.2, 0.25) is 0 Å². The molecule has 0 saturated carbocycles. The van der Waals surface area contributed by atoms with Crippen LogP contribution in [-0.4, -0.2) is 17.9 Å². The van der Waals surface area contributed by atoms with Crippen LogP contribution in [0.3, 0.4) is 0 Å². The molecule has 1 aliphatic carbocycles. The van der Waals surface area contributed by atoms with Crippen molar-refractivity contribution < 1.29 is 9.50 Å². The van der Waals surface area contributed by atoms with Gasteiger partial charge in [-0.25, -0.2) is 0 Å². The lowest BCUT2D eigenvalue weighted by Gasteiger charge is -2.01. The van der Waals surface area contributed by atoms with Crippen LogP contribution in [0.15, 0.2) is 23.3 Å². The first-order valence-corrected chi connectivity index (χ1v) is 3.78. The Kier molecular flexibility index (Phi) is 2.45. The van der Waals surface area contributed by atoms with Crippen LogP contribution in [0.1, 0.15) is 19.8 Å². The van der Waals surface area contributed by atoms with Crippen molar-refractivity contribution in [2.75, 3.05) is 6.67 Å². The monoisotopic (exact) mass is 156 g/mol. The average Bonchev–Trinajstić information content (AvgIpc) is 2.17. The van der Waals surface area contributed by atoms with Crippen LogP contribution in [0.4, 0.5) is 4.39 Å². The van der Waals surface area contributed by atoms with E-state index in [1.165, 1.54) is 0 Å². The minimum absolute atomic E-state index is 0.363. The van der Waals surface area contributed by atoms with E-state index in [0.717, 1.165) is 16.7 Å². The fourth-order valence-corrected chi connectivity index (χ4v) is 1.46. The summed E-state index contributed by atoms with van der Waals surface area (Å²) in [6.07, 6.45) is 0.576. The van der Waals surface area contributed by atoms with Crippen LogP contribution in [0.5, 0.6) is 0 Å². The maximum Gasteiger partial charge on any atom is 0.0934 e. The molecule has 1 nitrogen and oxygen atoms in total. The Labute approximate surface area is 66.2 Å². The van der Waals surface area contributed by atoms with E-state index in [1.807, 2.05) is 6.92 Å². The van der Waals surface area contributed by atoms with E-state index in [1.54, 1.807) is 0 Å². The van der Waals surface area contributed by atoms with Crippen molar-refractivity contribution in [3.8, 4) is 0 Å². The molecule has 0 unspecified atom stereocenters. The number of halogens is 1. The summed E-state index contributed by atoms with van der Waals surface area (Å²) in [5.41, 5.74) is 2.72. The zero-order chi connectivity index (χ0) is 8.43. The maximum atomic E-state index is 12.0. The van der Waals surface area contributed by atoms with Gasteiger partial charge in [-0.1, -0.05) is 6.58 Å². The van der Waals surface area contributed by atoms with E-state index in [9.17, 15) is 9.50 Å². The molecule has 0 amide bonds. The van der Waals surface area contributed by atoms with Crippen LogP contribution < -0.4 is 0 Å². The molecule has 0 saturated heterocycles. The number of alkyl halides is 1. The minimum atomic E-state index is -0.413. The van der Waals surface area contributed by atoms with Gasteiger partial charge in [0, 0.05) is 12.8 Å². The summed E-state index contributed by atoms with van der Waals surface area (Å²) in [5, 5.41) is 9.32. The second kappa shape index (κ2) is 3.18. The molecule has 1 N–H and O–H groups in total. The highest BCUT2D eigenvalue weighted by atomic mass is 19.1. The Bertz CT molecular complexity index is 206. The molecule has 0 aromatic rings. The van der Waals surface area contributed by atoms with Crippen molar-refractivity contribution in [2.24, 2.45) is 0 Å². The molecular weight excluding hydrogens is 143 g/mol. The van der Waals surface area contributed by atoms with Crippen molar-refractivity contribution in [3.05, 3.63) is 23.3 Å². The van der Waals surface area contributed by atoms with Gasteiger partial charge in [-0.15, -0.1) is 0 Å².